The average Bonchev–Trinajstić information content (AvgIpc) is 2.95. The number of aromatic hydroxyl groups is 1. The number of carbonyl (C=O) groups is 1. The van der Waals surface area contributed by atoms with Gasteiger partial charge in [0.25, 0.3) is 0 Å². The van der Waals surface area contributed by atoms with Crippen molar-refractivity contribution in [2.24, 2.45) is 0 Å². The number of thioether (sulfide) groups is 1. The highest BCUT2D eigenvalue weighted by Gasteiger charge is 2.12. The van der Waals surface area contributed by atoms with E-state index < -0.39 is 22.1 Å². The number of aliphatic hydroxyl groups is 1. The van der Waals surface area contributed by atoms with Gasteiger partial charge in [-0.15, -0.1) is 0 Å². The van der Waals surface area contributed by atoms with Crippen LogP contribution >= 0.6 is 11.8 Å². The predicted molar refractivity (Wildman–Crippen MR) is 168 cm³/mol. The molecule has 0 radical (unpaired) electrons. The van der Waals surface area contributed by atoms with Gasteiger partial charge in [0.2, 0.25) is 10.0 Å². The van der Waals surface area contributed by atoms with Gasteiger partial charge in [-0.25, -0.2) is 13.2 Å². The maximum atomic E-state index is 11.4. The summed E-state index contributed by atoms with van der Waals surface area (Å²) in [5.41, 5.74) is 2.37. The molecule has 3 aromatic carbocycles. The van der Waals surface area contributed by atoms with Crippen LogP contribution in [0.25, 0.3) is 0 Å². The Kier molecular flexibility index (Phi) is 15.9. The smallest absolute Gasteiger partial charge is 0.335 e. The highest BCUT2D eigenvalue weighted by molar-refractivity contribution is 7.99. The van der Waals surface area contributed by atoms with Crippen LogP contribution in [0.1, 0.15) is 59.7 Å². The number of hydrogen-bond donors (Lipinski definition) is 5. The predicted octanol–water partition coefficient (Wildman–Crippen LogP) is 5.70. The first-order chi connectivity index (χ1) is 19.7. The second kappa shape index (κ2) is 19.1. The number of carboxylic acid groups (broad SMARTS) is 1. The van der Waals surface area contributed by atoms with Crippen molar-refractivity contribution in [1.29, 1.82) is 0 Å². The van der Waals surface area contributed by atoms with Crippen LogP contribution in [0.3, 0.4) is 0 Å². The van der Waals surface area contributed by atoms with Gasteiger partial charge in [-0.3, -0.25) is 4.72 Å². The third kappa shape index (κ3) is 15.5. The van der Waals surface area contributed by atoms with Gasteiger partial charge in [-0.1, -0.05) is 67.4 Å². The first kappa shape index (κ1) is 34.2. The molecule has 0 saturated heterocycles. The van der Waals surface area contributed by atoms with Gasteiger partial charge in [-0.05, 0) is 79.1 Å². The molecule has 0 aliphatic rings. The van der Waals surface area contributed by atoms with Crippen molar-refractivity contribution in [3.05, 3.63) is 95.6 Å². The lowest BCUT2D eigenvalue weighted by molar-refractivity contribution is 0.0697. The van der Waals surface area contributed by atoms with Crippen LogP contribution in [0.5, 0.6) is 5.75 Å². The van der Waals surface area contributed by atoms with Crippen molar-refractivity contribution in [3.63, 3.8) is 0 Å². The molecule has 8 nitrogen and oxygen atoms in total. The number of unbranched alkanes of at least 4 members (excludes halogenated alkanes) is 3. The fourth-order valence-corrected chi connectivity index (χ4v) is 5.44. The number of sulfonamides is 1. The van der Waals surface area contributed by atoms with Crippen LogP contribution < -0.4 is 10.0 Å². The molecule has 0 spiro atoms. The van der Waals surface area contributed by atoms with Gasteiger partial charge in [0.15, 0.2) is 0 Å². The van der Waals surface area contributed by atoms with E-state index in [1.54, 1.807) is 36.4 Å². The van der Waals surface area contributed by atoms with Crippen LogP contribution in [-0.4, -0.2) is 60.6 Å². The lowest BCUT2D eigenvalue weighted by Crippen LogP contribution is -2.22. The Morgan fingerprint density at radius 3 is 2.15 bits per heavy atom. The molecule has 224 valence electrons. The Balaban J connectivity index is 0.000000553. The first-order valence-corrected chi connectivity index (χ1v) is 16.8. The molecular weight excluding hydrogens is 560 g/mol. The summed E-state index contributed by atoms with van der Waals surface area (Å²) in [6, 6.07) is 23.4. The number of hydrogen-bond acceptors (Lipinski definition) is 7. The third-order valence-corrected chi connectivity index (χ3v) is 7.79. The summed E-state index contributed by atoms with van der Waals surface area (Å²) < 4.78 is 25.0. The number of aryl methyl sites for hydroxylation is 1. The van der Waals surface area contributed by atoms with Crippen LogP contribution in [0.15, 0.2) is 78.9 Å². The Morgan fingerprint density at radius 1 is 0.878 bits per heavy atom. The zero-order chi connectivity index (χ0) is 29.9. The topological polar surface area (TPSA) is 136 Å². The SMILES string of the molecule is CS(=O)(=O)Nc1cc(C(O)CNCCCCCCSCCCc2ccccc2)ccc1O.O=C(O)c1ccccc1. The molecule has 0 bridgehead atoms. The van der Waals surface area contributed by atoms with Crippen molar-refractivity contribution in [3.8, 4) is 5.75 Å². The monoisotopic (exact) mass is 602 g/mol. The molecule has 0 heterocycles. The summed E-state index contributed by atoms with van der Waals surface area (Å²) in [7, 11) is -3.50. The fraction of sp³-hybridized carbons (Fsp3) is 0.387. The van der Waals surface area contributed by atoms with Crippen molar-refractivity contribution in [1.82, 2.24) is 5.32 Å². The van der Waals surface area contributed by atoms with Gasteiger partial charge in [0, 0.05) is 6.54 Å². The Labute approximate surface area is 248 Å². The first-order valence-electron chi connectivity index (χ1n) is 13.7. The minimum absolute atomic E-state index is 0.0713. The van der Waals surface area contributed by atoms with E-state index in [1.807, 2.05) is 11.8 Å². The highest BCUT2D eigenvalue weighted by atomic mass is 32.2. The molecule has 1 atom stereocenters. The summed E-state index contributed by atoms with van der Waals surface area (Å²) in [5.74, 6) is 1.38. The molecule has 0 aliphatic carbocycles. The molecule has 3 aromatic rings. The number of rotatable bonds is 17. The molecule has 0 amide bonds. The van der Waals surface area contributed by atoms with E-state index in [4.69, 9.17) is 5.11 Å². The van der Waals surface area contributed by atoms with E-state index in [9.17, 15) is 23.4 Å². The third-order valence-electron chi connectivity index (χ3n) is 6.05. The minimum atomic E-state index is -3.50. The lowest BCUT2D eigenvalue weighted by Gasteiger charge is -2.14. The van der Waals surface area contributed by atoms with E-state index in [0.717, 1.165) is 32.1 Å². The quantitative estimate of drug-likeness (QED) is 0.0981. The maximum absolute atomic E-state index is 11.4. The van der Waals surface area contributed by atoms with Gasteiger partial charge in [0.05, 0.1) is 23.6 Å². The summed E-state index contributed by atoms with van der Waals surface area (Å²) >= 11 is 2.04. The van der Waals surface area contributed by atoms with Crippen LogP contribution in [-0.2, 0) is 16.4 Å². The van der Waals surface area contributed by atoms with E-state index in [0.29, 0.717) is 17.7 Å². The zero-order valence-electron chi connectivity index (χ0n) is 23.5. The lowest BCUT2D eigenvalue weighted by atomic mass is 10.1. The Morgan fingerprint density at radius 2 is 1.51 bits per heavy atom. The number of phenols is 1. The molecule has 3 rings (SSSR count). The summed E-state index contributed by atoms with van der Waals surface area (Å²) in [6.07, 6.45) is 7.30. The minimum Gasteiger partial charge on any atom is -0.506 e. The molecular formula is C31H42N2O6S2. The van der Waals surface area contributed by atoms with Crippen molar-refractivity contribution < 1.29 is 28.5 Å². The zero-order valence-corrected chi connectivity index (χ0v) is 25.2. The van der Waals surface area contributed by atoms with Crippen molar-refractivity contribution in [2.75, 3.05) is 35.6 Å². The van der Waals surface area contributed by atoms with E-state index in [-0.39, 0.29) is 11.4 Å². The molecule has 0 fully saturated rings. The van der Waals surface area contributed by atoms with Gasteiger partial charge in [0.1, 0.15) is 5.75 Å². The molecule has 0 aliphatic heterocycles. The Bertz CT molecular complexity index is 1260. The van der Waals surface area contributed by atoms with Gasteiger partial charge in [-0.2, -0.15) is 11.8 Å². The second-order valence-corrected chi connectivity index (χ2v) is 12.6. The number of carboxylic acids is 1. The number of phenolic OH excluding ortho intramolecular Hbond substituents is 1. The molecule has 1 unspecified atom stereocenters. The van der Waals surface area contributed by atoms with Crippen LogP contribution in [0.4, 0.5) is 5.69 Å². The number of aromatic carboxylic acids is 1. The molecule has 5 N–H and O–H groups in total. The second-order valence-electron chi connectivity index (χ2n) is 9.66. The van der Waals surface area contributed by atoms with Crippen molar-refractivity contribution in [2.45, 2.75) is 44.6 Å². The average molecular weight is 603 g/mol. The molecule has 41 heavy (non-hydrogen) atoms. The Hall–Kier alpha value is -3.05. The maximum Gasteiger partial charge on any atom is 0.335 e. The summed E-state index contributed by atoms with van der Waals surface area (Å²) in [4.78, 5) is 10.2. The largest absolute Gasteiger partial charge is 0.506 e. The highest BCUT2D eigenvalue weighted by Crippen LogP contribution is 2.27. The number of benzene rings is 3. The normalized spacial score (nSPS) is 11.8. The fourth-order valence-electron chi connectivity index (χ4n) is 3.91. The van der Waals surface area contributed by atoms with Crippen molar-refractivity contribution >= 4 is 33.4 Å². The number of aliphatic hydroxyl groups excluding tert-OH is 1. The van der Waals surface area contributed by atoms with Crippen LogP contribution in [0, 0.1) is 0 Å². The standard InChI is InChI=1S/C24H36N2O4S2.C7H6O2/c1-32(29,30)26-22-18-21(13-14-23(22)27)24(28)19-25-15-7-2-3-8-16-31-17-9-12-20-10-5-4-6-11-20;8-7(9)6-4-2-1-3-5-6/h4-6,10-11,13-14,18,24-28H,2-3,7-9,12,15-17,19H2,1H3;1-5H,(H,8,9). The van der Waals surface area contributed by atoms with E-state index in [2.05, 4.69) is 40.4 Å². The summed E-state index contributed by atoms with van der Waals surface area (Å²) in [6.45, 7) is 1.20. The molecule has 10 heteroatoms. The van der Waals surface area contributed by atoms with Gasteiger partial charge >= 0.3 is 5.97 Å². The summed E-state index contributed by atoms with van der Waals surface area (Å²) in [5, 5.41) is 31.7. The van der Waals surface area contributed by atoms with Gasteiger partial charge < -0.3 is 20.6 Å². The number of anilines is 1. The molecule has 0 saturated carbocycles. The number of nitrogens with one attached hydrogen (secondary N) is 2. The molecule has 0 aromatic heterocycles. The van der Waals surface area contributed by atoms with E-state index >= 15 is 0 Å². The van der Waals surface area contributed by atoms with E-state index in [1.165, 1.54) is 48.5 Å². The van der Waals surface area contributed by atoms with Crippen LogP contribution in [0.2, 0.25) is 0 Å².